The topological polar surface area (TPSA) is 38.8 Å². The maximum Gasteiger partial charge on any atom is 0.263 e. The van der Waals surface area contributed by atoms with Crippen LogP contribution < -0.4 is 9.47 Å². The molecule has 4 heteroatoms. The lowest BCUT2D eigenvalue weighted by Gasteiger charge is -2.24. The third kappa shape index (κ3) is 4.75. The maximum atomic E-state index is 12.7. The van der Waals surface area contributed by atoms with Crippen molar-refractivity contribution in [3.63, 3.8) is 0 Å². The minimum absolute atomic E-state index is 0.0269. The molecular formula is C20H25NO3. The van der Waals surface area contributed by atoms with Gasteiger partial charge in [0.15, 0.2) is 6.10 Å². The number of aryl methyl sites for hydroxylation is 1. The zero-order valence-corrected chi connectivity index (χ0v) is 14.8. The molecule has 2 rings (SSSR count). The molecule has 0 heterocycles. The van der Waals surface area contributed by atoms with Crippen LogP contribution in [-0.4, -0.2) is 31.1 Å². The predicted molar refractivity (Wildman–Crippen MR) is 95.4 cm³/mol. The number of methoxy groups -OCH3 is 1. The normalized spacial score (nSPS) is 11.7. The molecule has 128 valence electrons. The number of benzene rings is 2. The molecule has 2 aromatic carbocycles. The van der Waals surface area contributed by atoms with Crippen molar-refractivity contribution in [1.29, 1.82) is 0 Å². The van der Waals surface area contributed by atoms with E-state index in [0.717, 1.165) is 5.56 Å². The Balaban J connectivity index is 2.02. The van der Waals surface area contributed by atoms with Gasteiger partial charge < -0.3 is 14.4 Å². The van der Waals surface area contributed by atoms with Crippen molar-refractivity contribution >= 4 is 5.91 Å². The highest BCUT2D eigenvalue weighted by molar-refractivity contribution is 5.81. The highest BCUT2D eigenvalue weighted by Crippen LogP contribution is 2.21. The van der Waals surface area contributed by atoms with Crippen molar-refractivity contribution in [3.8, 4) is 11.5 Å². The van der Waals surface area contributed by atoms with Gasteiger partial charge in [0.05, 0.1) is 7.11 Å². The molecule has 0 aliphatic carbocycles. The minimum Gasteiger partial charge on any atom is -0.497 e. The van der Waals surface area contributed by atoms with Crippen LogP contribution in [-0.2, 0) is 11.3 Å². The lowest BCUT2D eigenvalue weighted by Crippen LogP contribution is -2.39. The van der Waals surface area contributed by atoms with E-state index in [0.29, 0.717) is 24.5 Å². The Kier molecular flexibility index (Phi) is 6.24. The summed E-state index contributed by atoms with van der Waals surface area (Å²) in [6, 6.07) is 15.5. The average molecular weight is 327 g/mol. The number of carbonyl (C=O) groups is 1. The fourth-order valence-electron chi connectivity index (χ4n) is 2.44. The average Bonchev–Trinajstić information content (AvgIpc) is 2.61. The van der Waals surface area contributed by atoms with Crippen LogP contribution in [0.1, 0.15) is 24.5 Å². The summed E-state index contributed by atoms with van der Waals surface area (Å²) in [7, 11) is 3.41. The summed E-state index contributed by atoms with van der Waals surface area (Å²) >= 11 is 0. The Morgan fingerprint density at radius 2 is 1.79 bits per heavy atom. The molecule has 0 saturated heterocycles. The highest BCUT2D eigenvalue weighted by atomic mass is 16.5. The molecular weight excluding hydrogens is 302 g/mol. The fourth-order valence-corrected chi connectivity index (χ4v) is 2.44. The van der Waals surface area contributed by atoms with Crippen LogP contribution in [0.4, 0.5) is 0 Å². The number of rotatable bonds is 7. The van der Waals surface area contributed by atoms with Crippen molar-refractivity contribution in [1.82, 2.24) is 4.90 Å². The van der Waals surface area contributed by atoms with Crippen molar-refractivity contribution in [2.24, 2.45) is 0 Å². The maximum absolute atomic E-state index is 12.7. The largest absolute Gasteiger partial charge is 0.497 e. The molecule has 1 atom stereocenters. The zero-order chi connectivity index (χ0) is 17.5. The lowest BCUT2D eigenvalue weighted by molar-refractivity contribution is -0.138. The standard InChI is InChI=1S/C20H25NO3/c1-5-19(24-18-8-6-7-17(13-18)23-4)20(22)21(3)14-16-11-9-15(2)10-12-16/h6-13,19H,5,14H2,1-4H3/t19-/m1/s1. The van der Waals surface area contributed by atoms with Gasteiger partial charge in [0.25, 0.3) is 5.91 Å². The van der Waals surface area contributed by atoms with Gasteiger partial charge in [-0.2, -0.15) is 0 Å². The molecule has 0 aromatic heterocycles. The van der Waals surface area contributed by atoms with Gasteiger partial charge in [-0.3, -0.25) is 4.79 Å². The van der Waals surface area contributed by atoms with E-state index in [9.17, 15) is 4.79 Å². The zero-order valence-electron chi connectivity index (χ0n) is 14.8. The molecule has 0 fully saturated rings. The molecule has 0 spiro atoms. The van der Waals surface area contributed by atoms with Crippen LogP contribution in [0.15, 0.2) is 48.5 Å². The van der Waals surface area contributed by atoms with Crippen LogP contribution >= 0.6 is 0 Å². The van der Waals surface area contributed by atoms with Crippen molar-refractivity contribution < 1.29 is 14.3 Å². The summed E-state index contributed by atoms with van der Waals surface area (Å²) in [5, 5.41) is 0. The Morgan fingerprint density at radius 1 is 1.12 bits per heavy atom. The fraction of sp³-hybridized carbons (Fsp3) is 0.350. The molecule has 24 heavy (non-hydrogen) atoms. The predicted octanol–water partition coefficient (Wildman–Crippen LogP) is 3.82. The van der Waals surface area contributed by atoms with Gasteiger partial charge >= 0.3 is 0 Å². The molecule has 0 N–H and O–H groups in total. The number of carbonyl (C=O) groups excluding carboxylic acids is 1. The van der Waals surface area contributed by atoms with E-state index in [2.05, 4.69) is 12.1 Å². The van der Waals surface area contributed by atoms with Crippen LogP contribution in [0.2, 0.25) is 0 Å². The molecule has 2 aromatic rings. The second-order valence-electron chi connectivity index (χ2n) is 5.87. The van der Waals surface area contributed by atoms with Crippen LogP contribution in [0.25, 0.3) is 0 Å². The third-order valence-electron chi connectivity index (χ3n) is 3.88. The molecule has 0 bridgehead atoms. The minimum atomic E-state index is -0.507. The molecule has 0 aliphatic rings. The molecule has 1 amide bonds. The number of ether oxygens (including phenoxy) is 2. The van der Waals surface area contributed by atoms with Gasteiger partial charge in [0.1, 0.15) is 11.5 Å². The van der Waals surface area contributed by atoms with Crippen LogP contribution in [0, 0.1) is 6.92 Å². The van der Waals surface area contributed by atoms with Gasteiger partial charge in [-0.25, -0.2) is 0 Å². The van der Waals surface area contributed by atoms with Gasteiger partial charge in [0, 0.05) is 19.7 Å². The van der Waals surface area contributed by atoms with Gasteiger partial charge in [-0.05, 0) is 31.0 Å². The summed E-state index contributed by atoms with van der Waals surface area (Å²) in [4.78, 5) is 14.4. The summed E-state index contributed by atoms with van der Waals surface area (Å²) < 4.78 is 11.1. The van der Waals surface area contributed by atoms with E-state index >= 15 is 0 Å². The molecule has 0 saturated carbocycles. The van der Waals surface area contributed by atoms with Gasteiger partial charge in [-0.1, -0.05) is 42.8 Å². The van der Waals surface area contributed by atoms with E-state index in [4.69, 9.17) is 9.47 Å². The van der Waals surface area contributed by atoms with E-state index < -0.39 is 6.10 Å². The monoisotopic (exact) mass is 327 g/mol. The number of amides is 1. The van der Waals surface area contributed by atoms with Gasteiger partial charge in [0.2, 0.25) is 0 Å². The Labute approximate surface area is 144 Å². The number of hydrogen-bond acceptors (Lipinski definition) is 3. The first-order valence-corrected chi connectivity index (χ1v) is 8.14. The Morgan fingerprint density at radius 3 is 2.42 bits per heavy atom. The summed E-state index contributed by atoms with van der Waals surface area (Å²) in [6.07, 6.45) is 0.0985. The van der Waals surface area contributed by atoms with E-state index in [1.165, 1.54) is 5.56 Å². The van der Waals surface area contributed by atoms with E-state index in [1.54, 1.807) is 25.1 Å². The summed E-state index contributed by atoms with van der Waals surface area (Å²) in [5.74, 6) is 1.32. The molecule has 0 radical (unpaired) electrons. The molecule has 0 aliphatic heterocycles. The number of nitrogens with zero attached hydrogens (tertiary/aromatic N) is 1. The summed E-state index contributed by atoms with van der Waals surface area (Å²) in [6.45, 7) is 4.56. The van der Waals surface area contributed by atoms with Crippen LogP contribution in [0.3, 0.4) is 0 Å². The summed E-state index contributed by atoms with van der Waals surface area (Å²) in [5.41, 5.74) is 2.31. The molecule has 4 nitrogen and oxygen atoms in total. The molecule has 0 unspecified atom stereocenters. The SMILES string of the molecule is CC[C@@H](Oc1cccc(OC)c1)C(=O)N(C)Cc1ccc(C)cc1. The second kappa shape index (κ2) is 8.39. The highest BCUT2D eigenvalue weighted by Gasteiger charge is 2.22. The van der Waals surface area contributed by atoms with Crippen molar-refractivity contribution in [2.45, 2.75) is 32.9 Å². The second-order valence-corrected chi connectivity index (χ2v) is 5.87. The van der Waals surface area contributed by atoms with Gasteiger partial charge in [-0.15, -0.1) is 0 Å². The number of hydrogen-bond donors (Lipinski definition) is 0. The quantitative estimate of drug-likeness (QED) is 0.776. The smallest absolute Gasteiger partial charge is 0.263 e. The first kappa shape index (κ1) is 17.9. The first-order valence-electron chi connectivity index (χ1n) is 8.14. The van der Waals surface area contributed by atoms with E-state index in [-0.39, 0.29) is 5.91 Å². The van der Waals surface area contributed by atoms with Crippen LogP contribution in [0.5, 0.6) is 11.5 Å². The third-order valence-corrected chi connectivity index (χ3v) is 3.88. The van der Waals surface area contributed by atoms with Crippen molar-refractivity contribution in [2.75, 3.05) is 14.2 Å². The Hall–Kier alpha value is -2.49. The lowest BCUT2D eigenvalue weighted by atomic mass is 10.1. The Bertz CT molecular complexity index is 667. The first-order chi connectivity index (χ1) is 11.5. The van der Waals surface area contributed by atoms with Crippen molar-refractivity contribution in [3.05, 3.63) is 59.7 Å². The van der Waals surface area contributed by atoms with E-state index in [1.807, 2.05) is 44.2 Å². The number of likely N-dealkylation sites (N-methyl/N-ethyl adjacent to an activating group) is 1.